The van der Waals surface area contributed by atoms with Crippen LogP contribution in [-0.2, 0) is 14.6 Å². The Morgan fingerprint density at radius 1 is 1.14 bits per heavy atom. The highest BCUT2D eigenvalue weighted by Gasteiger charge is 2.26. The predicted octanol–water partition coefficient (Wildman–Crippen LogP) is 2.91. The summed E-state index contributed by atoms with van der Waals surface area (Å²) < 4.78 is 36.6. The molecule has 1 heterocycles. The lowest BCUT2D eigenvalue weighted by Gasteiger charge is -2.13. The Hall–Kier alpha value is -1.85. The summed E-state index contributed by atoms with van der Waals surface area (Å²) in [6.07, 6.45) is 0.0795. The van der Waals surface area contributed by atoms with Crippen molar-refractivity contribution in [1.29, 1.82) is 0 Å². The Labute approximate surface area is 130 Å². The second kappa shape index (κ2) is 5.74. The average molecular weight is 318 g/mol. The molecule has 4 nitrogen and oxygen atoms in total. The molecule has 5 heteroatoms. The molecule has 0 radical (unpaired) electrons. The molecule has 1 atom stereocenters. The van der Waals surface area contributed by atoms with E-state index >= 15 is 0 Å². The Morgan fingerprint density at radius 2 is 1.86 bits per heavy atom. The largest absolute Gasteiger partial charge is 0.489 e. The first-order valence-corrected chi connectivity index (χ1v) is 8.62. The van der Waals surface area contributed by atoms with Crippen molar-refractivity contribution in [2.24, 2.45) is 0 Å². The third kappa shape index (κ3) is 3.15. The van der Waals surface area contributed by atoms with Crippen LogP contribution in [0.2, 0.25) is 0 Å². The molecule has 0 amide bonds. The third-order valence-corrected chi connectivity index (χ3v) is 5.29. The van der Waals surface area contributed by atoms with Crippen molar-refractivity contribution in [2.45, 2.75) is 29.7 Å². The van der Waals surface area contributed by atoms with Gasteiger partial charge in [0, 0.05) is 0 Å². The zero-order chi connectivity index (χ0) is 15.7. The van der Waals surface area contributed by atoms with Crippen molar-refractivity contribution in [1.82, 2.24) is 0 Å². The van der Waals surface area contributed by atoms with Crippen LogP contribution in [0.1, 0.15) is 11.1 Å². The van der Waals surface area contributed by atoms with Crippen LogP contribution < -0.4 is 4.74 Å². The number of rotatable bonds is 5. The first-order chi connectivity index (χ1) is 10.5. The highest BCUT2D eigenvalue weighted by molar-refractivity contribution is 7.91. The molecule has 1 saturated heterocycles. The standard InChI is InChI=1S/C17H18O4S/c1-12-4-3-5-15(8-12)22(18,19)17-9-13(2)6-7-16(17)21-11-14-10-20-14/h3-9,14H,10-11H2,1-2H3. The molecule has 0 saturated carbocycles. The van der Waals surface area contributed by atoms with E-state index in [1.54, 1.807) is 30.3 Å². The summed E-state index contributed by atoms with van der Waals surface area (Å²) in [5, 5.41) is 0. The summed E-state index contributed by atoms with van der Waals surface area (Å²) >= 11 is 0. The quantitative estimate of drug-likeness (QED) is 0.795. The van der Waals surface area contributed by atoms with Crippen molar-refractivity contribution in [3.05, 3.63) is 53.6 Å². The van der Waals surface area contributed by atoms with E-state index in [4.69, 9.17) is 9.47 Å². The number of aryl methyl sites for hydroxylation is 2. The fourth-order valence-corrected chi connectivity index (χ4v) is 3.79. The van der Waals surface area contributed by atoms with E-state index in [0.29, 0.717) is 19.0 Å². The fraction of sp³-hybridized carbons (Fsp3) is 0.294. The molecule has 3 rings (SSSR count). The van der Waals surface area contributed by atoms with E-state index in [2.05, 4.69) is 0 Å². The minimum Gasteiger partial charge on any atom is -0.489 e. The Morgan fingerprint density at radius 3 is 2.55 bits per heavy atom. The maximum Gasteiger partial charge on any atom is 0.210 e. The number of sulfone groups is 1. The van der Waals surface area contributed by atoms with E-state index in [1.807, 2.05) is 26.0 Å². The predicted molar refractivity (Wildman–Crippen MR) is 83.0 cm³/mol. The first kappa shape index (κ1) is 15.1. The Kier molecular flexibility index (Phi) is 3.93. The van der Waals surface area contributed by atoms with Gasteiger partial charge in [0.2, 0.25) is 9.84 Å². The summed E-state index contributed by atoms with van der Waals surface area (Å²) in [7, 11) is -3.61. The van der Waals surface area contributed by atoms with Crippen LogP contribution in [0.3, 0.4) is 0 Å². The van der Waals surface area contributed by atoms with Crippen LogP contribution in [0, 0.1) is 13.8 Å². The number of epoxide rings is 1. The molecule has 22 heavy (non-hydrogen) atoms. The van der Waals surface area contributed by atoms with Gasteiger partial charge in [0.05, 0.1) is 11.5 Å². The van der Waals surface area contributed by atoms with Gasteiger partial charge < -0.3 is 9.47 Å². The number of ether oxygens (including phenoxy) is 2. The molecule has 1 fully saturated rings. The van der Waals surface area contributed by atoms with Gasteiger partial charge in [-0.15, -0.1) is 0 Å². The van der Waals surface area contributed by atoms with Gasteiger partial charge in [0.25, 0.3) is 0 Å². The van der Waals surface area contributed by atoms with Crippen LogP contribution in [-0.4, -0.2) is 27.7 Å². The lowest BCUT2D eigenvalue weighted by Crippen LogP contribution is -2.09. The lowest BCUT2D eigenvalue weighted by molar-refractivity contribution is 0.258. The van der Waals surface area contributed by atoms with Crippen LogP contribution >= 0.6 is 0 Å². The fourth-order valence-electron chi connectivity index (χ4n) is 2.20. The first-order valence-electron chi connectivity index (χ1n) is 7.13. The van der Waals surface area contributed by atoms with Gasteiger partial charge in [-0.25, -0.2) is 8.42 Å². The molecular formula is C17H18O4S. The molecule has 2 aromatic rings. The topological polar surface area (TPSA) is 55.9 Å². The molecule has 0 aliphatic carbocycles. The lowest BCUT2D eigenvalue weighted by atomic mass is 10.2. The number of hydrogen-bond donors (Lipinski definition) is 0. The molecule has 116 valence electrons. The molecule has 1 aliphatic rings. The normalized spacial score (nSPS) is 17.3. The Balaban J connectivity index is 2.02. The van der Waals surface area contributed by atoms with E-state index in [9.17, 15) is 8.42 Å². The molecule has 0 aromatic heterocycles. The van der Waals surface area contributed by atoms with Crippen molar-refractivity contribution >= 4 is 9.84 Å². The van der Waals surface area contributed by atoms with Gasteiger partial charge in [0.1, 0.15) is 23.4 Å². The summed E-state index contributed by atoms with van der Waals surface area (Å²) in [5.74, 6) is 0.377. The average Bonchev–Trinajstić information content (AvgIpc) is 3.30. The molecule has 0 spiro atoms. The Bertz CT molecular complexity index is 792. The van der Waals surface area contributed by atoms with Crippen LogP contribution in [0.15, 0.2) is 52.3 Å². The molecule has 1 unspecified atom stereocenters. The zero-order valence-electron chi connectivity index (χ0n) is 12.6. The van der Waals surface area contributed by atoms with Crippen molar-refractivity contribution in [3.8, 4) is 5.75 Å². The summed E-state index contributed by atoms with van der Waals surface area (Å²) in [6.45, 7) is 4.78. The van der Waals surface area contributed by atoms with Crippen molar-refractivity contribution in [3.63, 3.8) is 0 Å². The van der Waals surface area contributed by atoms with E-state index < -0.39 is 9.84 Å². The van der Waals surface area contributed by atoms with Crippen LogP contribution in [0.5, 0.6) is 5.75 Å². The molecule has 0 bridgehead atoms. The van der Waals surface area contributed by atoms with E-state index in [-0.39, 0.29) is 15.9 Å². The zero-order valence-corrected chi connectivity index (χ0v) is 13.4. The molecule has 2 aromatic carbocycles. The molecule has 0 N–H and O–H groups in total. The maximum absolute atomic E-state index is 12.9. The monoisotopic (exact) mass is 318 g/mol. The highest BCUT2D eigenvalue weighted by atomic mass is 32.2. The van der Waals surface area contributed by atoms with Gasteiger partial charge in [-0.2, -0.15) is 0 Å². The van der Waals surface area contributed by atoms with E-state index in [0.717, 1.165) is 11.1 Å². The SMILES string of the molecule is Cc1cccc(S(=O)(=O)c2cc(C)ccc2OCC2CO2)c1. The van der Waals surface area contributed by atoms with Crippen LogP contribution in [0.25, 0.3) is 0 Å². The van der Waals surface area contributed by atoms with E-state index in [1.165, 1.54) is 0 Å². The van der Waals surface area contributed by atoms with Crippen molar-refractivity contribution < 1.29 is 17.9 Å². The van der Waals surface area contributed by atoms with Crippen LogP contribution in [0.4, 0.5) is 0 Å². The summed E-state index contributed by atoms with van der Waals surface area (Å²) in [5.41, 5.74) is 1.78. The smallest absolute Gasteiger partial charge is 0.210 e. The minimum absolute atomic E-state index is 0.0795. The number of hydrogen-bond acceptors (Lipinski definition) is 4. The second-order valence-electron chi connectivity index (χ2n) is 5.54. The van der Waals surface area contributed by atoms with Gasteiger partial charge in [-0.05, 0) is 49.2 Å². The van der Waals surface area contributed by atoms with Gasteiger partial charge in [-0.3, -0.25) is 0 Å². The van der Waals surface area contributed by atoms with Gasteiger partial charge in [-0.1, -0.05) is 18.2 Å². The maximum atomic E-state index is 12.9. The van der Waals surface area contributed by atoms with Gasteiger partial charge in [0.15, 0.2) is 0 Å². The highest BCUT2D eigenvalue weighted by Crippen LogP contribution is 2.31. The van der Waals surface area contributed by atoms with Gasteiger partial charge >= 0.3 is 0 Å². The second-order valence-corrected chi connectivity index (χ2v) is 7.45. The number of benzene rings is 2. The summed E-state index contributed by atoms with van der Waals surface area (Å²) in [4.78, 5) is 0.490. The summed E-state index contributed by atoms with van der Waals surface area (Å²) in [6, 6.07) is 12.1. The van der Waals surface area contributed by atoms with Crippen molar-refractivity contribution in [2.75, 3.05) is 13.2 Å². The minimum atomic E-state index is -3.61. The third-order valence-electron chi connectivity index (χ3n) is 3.52. The molecular weight excluding hydrogens is 300 g/mol. The molecule has 1 aliphatic heterocycles.